The number of aromatic nitrogens is 1. The average Bonchev–Trinajstić information content (AvgIpc) is 2.96. The lowest BCUT2D eigenvalue weighted by molar-refractivity contribution is 0.00491. The molecule has 0 amide bonds. The summed E-state index contributed by atoms with van der Waals surface area (Å²) in [4.78, 5) is 6.50. The van der Waals surface area contributed by atoms with E-state index in [1.54, 1.807) is 6.07 Å². The van der Waals surface area contributed by atoms with Gasteiger partial charge in [-0.2, -0.15) is 0 Å². The van der Waals surface area contributed by atoms with Crippen LogP contribution in [0, 0.1) is 29.9 Å². The Balaban J connectivity index is 1.79. The van der Waals surface area contributed by atoms with Crippen LogP contribution in [0.3, 0.4) is 0 Å². The van der Waals surface area contributed by atoms with E-state index in [2.05, 4.69) is 9.88 Å². The SMILES string of the molecule is Cc1cc(N2CC(CN)C3(CCOCC3)C2)c2ccc(F)c(F)c2n1. The van der Waals surface area contributed by atoms with Crippen molar-refractivity contribution in [1.82, 2.24) is 4.98 Å². The van der Waals surface area contributed by atoms with E-state index in [1.807, 2.05) is 13.0 Å². The number of nitrogens with zero attached hydrogens (tertiary/aromatic N) is 2. The van der Waals surface area contributed by atoms with Crippen molar-refractivity contribution in [2.24, 2.45) is 17.1 Å². The minimum Gasteiger partial charge on any atom is -0.381 e. The monoisotopic (exact) mass is 347 g/mol. The molecule has 2 saturated heterocycles. The molecule has 0 saturated carbocycles. The number of anilines is 1. The maximum absolute atomic E-state index is 14.2. The van der Waals surface area contributed by atoms with Gasteiger partial charge in [0.2, 0.25) is 0 Å². The second kappa shape index (κ2) is 6.18. The van der Waals surface area contributed by atoms with E-state index < -0.39 is 11.6 Å². The van der Waals surface area contributed by atoms with Gasteiger partial charge in [-0.1, -0.05) is 0 Å². The smallest absolute Gasteiger partial charge is 0.185 e. The Kier molecular flexibility index (Phi) is 4.12. The molecule has 134 valence electrons. The number of ether oxygens (including phenoxy) is 1. The number of halogens is 2. The molecule has 1 aromatic heterocycles. The van der Waals surface area contributed by atoms with Crippen molar-refractivity contribution in [2.45, 2.75) is 19.8 Å². The van der Waals surface area contributed by atoms with E-state index >= 15 is 0 Å². The summed E-state index contributed by atoms with van der Waals surface area (Å²) in [5, 5.41) is 0.657. The molecular formula is C19H23F2N3O. The molecule has 2 aromatic rings. The highest BCUT2D eigenvalue weighted by molar-refractivity contribution is 5.92. The van der Waals surface area contributed by atoms with Gasteiger partial charge in [0.25, 0.3) is 0 Å². The Bertz CT molecular complexity index is 805. The van der Waals surface area contributed by atoms with Crippen LogP contribution in [0.4, 0.5) is 14.5 Å². The van der Waals surface area contributed by atoms with Crippen LogP contribution < -0.4 is 10.6 Å². The molecule has 2 aliphatic heterocycles. The van der Waals surface area contributed by atoms with E-state index in [0.717, 1.165) is 44.8 Å². The molecule has 2 aliphatic rings. The molecule has 0 aliphatic carbocycles. The Hall–Kier alpha value is -1.79. The first-order chi connectivity index (χ1) is 12.0. The molecule has 2 fully saturated rings. The highest BCUT2D eigenvalue weighted by atomic mass is 19.2. The van der Waals surface area contributed by atoms with Crippen LogP contribution >= 0.6 is 0 Å². The van der Waals surface area contributed by atoms with Gasteiger partial charge in [-0.25, -0.2) is 13.8 Å². The average molecular weight is 347 g/mol. The zero-order chi connectivity index (χ0) is 17.6. The van der Waals surface area contributed by atoms with Crippen molar-refractivity contribution in [3.05, 3.63) is 35.5 Å². The third-order valence-electron chi connectivity index (χ3n) is 5.91. The molecule has 4 nitrogen and oxygen atoms in total. The standard InChI is InChI=1S/C19H23F2N3O/c1-12-8-16(14-2-3-15(20)17(21)18(14)23-12)24-10-13(9-22)19(11-24)4-6-25-7-5-19/h2-3,8,13H,4-7,9-11,22H2,1H3. The number of fused-ring (bicyclic) bond motifs is 1. The van der Waals surface area contributed by atoms with Gasteiger partial charge in [0.15, 0.2) is 11.6 Å². The fourth-order valence-corrected chi connectivity index (χ4v) is 4.49. The lowest BCUT2D eigenvalue weighted by Crippen LogP contribution is -2.39. The summed E-state index contributed by atoms with van der Waals surface area (Å²) in [6, 6.07) is 4.77. The second-order valence-corrected chi connectivity index (χ2v) is 7.33. The molecule has 0 radical (unpaired) electrons. The molecule has 1 atom stereocenters. The van der Waals surface area contributed by atoms with Gasteiger partial charge >= 0.3 is 0 Å². The van der Waals surface area contributed by atoms with Crippen LogP contribution in [0.1, 0.15) is 18.5 Å². The molecule has 6 heteroatoms. The van der Waals surface area contributed by atoms with Crippen molar-refractivity contribution in [3.63, 3.8) is 0 Å². The van der Waals surface area contributed by atoms with Crippen LogP contribution in [0.15, 0.2) is 18.2 Å². The van der Waals surface area contributed by atoms with Gasteiger partial charge < -0.3 is 15.4 Å². The normalized spacial score (nSPS) is 22.9. The topological polar surface area (TPSA) is 51.4 Å². The summed E-state index contributed by atoms with van der Waals surface area (Å²) in [5.74, 6) is -1.36. The Morgan fingerprint density at radius 2 is 2.08 bits per heavy atom. The number of pyridine rings is 1. The van der Waals surface area contributed by atoms with Crippen LogP contribution in [0.5, 0.6) is 0 Å². The third kappa shape index (κ3) is 2.68. The van der Waals surface area contributed by atoms with Gasteiger partial charge in [0.05, 0.1) is 0 Å². The van der Waals surface area contributed by atoms with E-state index in [9.17, 15) is 8.78 Å². The molecule has 25 heavy (non-hydrogen) atoms. The molecule has 1 spiro atoms. The van der Waals surface area contributed by atoms with Gasteiger partial charge in [0.1, 0.15) is 5.52 Å². The minimum absolute atomic E-state index is 0.104. The van der Waals surface area contributed by atoms with Crippen LogP contribution in [0.25, 0.3) is 10.9 Å². The van der Waals surface area contributed by atoms with Crippen molar-refractivity contribution >= 4 is 16.6 Å². The predicted octanol–water partition coefficient (Wildman–Crippen LogP) is 3.01. The second-order valence-electron chi connectivity index (χ2n) is 7.33. The quantitative estimate of drug-likeness (QED) is 0.907. The summed E-state index contributed by atoms with van der Waals surface area (Å²) in [6.45, 7) is 5.67. The van der Waals surface area contributed by atoms with Crippen molar-refractivity contribution in [2.75, 3.05) is 37.7 Å². The number of nitrogens with two attached hydrogens (primary N) is 1. The van der Waals surface area contributed by atoms with Crippen molar-refractivity contribution < 1.29 is 13.5 Å². The molecule has 0 bridgehead atoms. The predicted molar refractivity (Wildman–Crippen MR) is 93.6 cm³/mol. The summed E-state index contributed by atoms with van der Waals surface area (Å²) in [7, 11) is 0. The minimum atomic E-state index is -0.877. The lowest BCUT2D eigenvalue weighted by Gasteiger charge is -2.37. The highest BCUT2D eigenvalue weighted by Crippen LogP contribution is 2.46. The fourth-order valence-electron chi connectivity index (χ4n) is 4.49. The lowest BCUT2D eigenvalue weighted by atomic mass is 9.72. The summed E-state index contributed by atoms with van der Waals surface area (Å²) in [5.41, 5.74) is 7.93. The number of hydrogen-bond donors (Lipinski definition) is 1. The van der Waals surface area contributed by atoms with Crippen LogP contribution in [0.2, 0.25) is 0 Å². The zero-order valence-corrected chi connectivity index (χ0v) is 14.4. The van der Waals surface area contributed by atoms with E-state index in [-0.39, 0.29) is 10.9 Å². The Labute approximate surface area is 146 Å². The van der Waals surface area contributed by atoms with E-state index in [1.165, 1.54) is 6.07 Å². The first-order valence-corrected chi connectivity index (χ1v) is 8.82. The maximum atomic E-state index is 14.2. The Morgan fingerprint density at radius 1 is 1.32 bits per heavy atom. The molecule has 1 aromatic carbocycles. The molecule has 2 N–H and O–H groups in total. The molecule has 1 unspecified atom stereocenters. The fraction of sp³-hybridized carbons (Fsp3) is 0.526. The molecule has 4 rings (SSSR count). The van der Waals surface area contributed by atoms with Gasteiger partial charge in [-0.05, 0) is 55.8 Å². The first kappa shape index (κ1) is 16.7. The third-order valence-corrected chi connectivity index (χ3v) is 5.91. The summed E-state index contributed by atoms with van der Waals surface area (Å²) in [6.07, 6.45) is 1.99. The maximum Gasteiger partial charge on any atom is 0.185 e. The molecular weight excluding hydrogens is 324 g/mol. The van der Waals surface area contributed by atoms with Crippen LogP contribution in [-0.2, 0) is 4.74 Å². The van der Waals surface area contributed by atoms with E-state index in [0.29, 0.717) is 23.5 Å². The highest BCUT2D eigenvalue weighted by Gasteiger charge is 2.46. The number of rotatable bonds is 2. The molecule has 3 heterocycles. The summed E-state index contributed by atoms with van der Waals surface area (Å²) >= 11 is 0. The van der Waals surface area contributed by atoms with Gasteiger partial charge in [-0.15, -0.1) is 0 Å². The first-order valence-electron chi connectivity index (χ1n) is 8.82. The van der Waals surface area contributed by atoms with Crippen LogP contribution in [-0.4, -0.2) is 37.8 Å². The van der Waals surface area contributed by atoms with Crippen molar-refractivity contribution in [1.29, 1.82) is 0 Å². The van der Waals surface area contributed by atoms with Crippen molar-refractivity contribution in [3.8, 4) is 0 Å². The van der Waals surface area contributed by atoms with E-state index in [4.69, 9.17) is 10.5 Å². The number of hydrogen-bond acceptors (Lipinski definition) is 4. The van der Waals surface area contributed by atoms with Gasteiger partial charge in [0, 0.05) is 43.1 Å². The number of benzene rings is 1. The largest absolute Gasteiger partial charge is 0.381 e. The van der Waals surface area contributed by atoms with Gasteiger partial charge in [-0.3, -0.25) is 0 Å². The Morgan fingerprint density at radius 3 is 2.80 bits per heavy atom. The summed E-state index contributed by atoms with van der Waals surface area (Å²) < 4.78 is 33.4. The zero-order valence-electron chi connectivity index (χ0n) is 14.4. The number of aryl methyl sites for hydroxylation is 1.